The molecule has 0 amide bonds. The van der Waals surface area contributed by atoms with Gasteiger partial charge in [-0.2, -0.15) is 0 Å². The molecule has 0 bridgehead atoms. The van der Waals surface area contributed by atoms with Gasteiger partial charge in [0.2, 0.25) is 0 Å². The minimum Gasteiger partial charge on any atom is -0.479 e. The van der Waals surface area contributed by atoms with Crippen LogP contribution in [0.25, 0.3) is 0 Å². The number of nitro groups is 1. The third kappa shape index (κ3) is 3.02. The Hall–Kier alpha value is -2.48. The van der Waals surface area contributed by atoms with E-state index in [0.717, 1.165) is 0 Å². The number of hydroxylamine groups is 2. The van der Waals surface area contributed by atoms with Gasteiger partial charge >= 0.3 is 5.97 Å². The van der Waals surface area contributed by atoms with Crippen molar-refractivity contribution >= 4 is 17.5 Å². The average Bonchev–Trinajstić information content (AvgIpc) is 2.63. The Balaban J connectivity index is 2.46. The number of amidine groups is 1. The second-order valence-electron chi connectivity index (χ2n) is 6.32. The summed E-state index contributed by atoms with van der Waals surface area (Å²) in [4.78, 5) is 31.3. The highest BCUT2D eigenvalue weighted by Gasteiger charge is 2.50. The van der Waals surface area contributed by atoms with Gasteiger partial charge in [-0.25, -0.2) is 9.86 Å². The molecule has 0 atom stereocenters. The van der Waals surface area contributed by atoms with Crippen LogP contribution in [0, 0.1) is 10.1 Å². The quantitative estimate of drug-likeness (QED) is 0.658. The summed E-state index contributed by atoms with van der Waals surface area (Å²) in [7, 11) is 0. The normalized spacial score (nSPS) is 18.6. The van der Waals surface area contributed by atoms with E-state index >= 15 is 0 Å². The molecule has 0 radical (unpaired) electrons. The molecule has 8 nitrogen and oxygen atoms in total. The van der Waals surface area contributed by atoms with Crippen molar-refractivity contribution < 1.29 is 19.7 Å². The van der Waals surface area contributed by atoms with Gasteiger partial charge in [-0.3, -0.25) is 19.9 Å². The summed E-state index contributed by atoms with van der Waals surface area (Å²) in [6, 6.07) is 6.02. The molecule has 1 aromatic carbocycles. The first kappa shape index (κ1) is 16.9. The first-order chi connectivity index (χ1) is 10.6. The van der Waals surface area contributed by atoms with Crippen molar-refractivity contribution in [2.45, 2.75) is 38.8 Å². The largest absolute Gasteiger partial charge is 0.479 e. The molecule has 0 saturated heterocycles. The van der Waals surface area contributed by atoms with E-state index in [1.165, 1.54) is 17.2 Å². The van der Waals surface area contributed by atoms with Crippen molar-refractivity contribution in [3.8, 4) is 0 Å². The highest BCUT2D eigenvalue weighted by Crippen LogP contribution is 2.39. The molecule has 1 heterocycles. The third-order valence-corrected chi connectivity index (χ3v) is 4.22. The predicted octanol–water partition coefficient (Wildman–Crippen LogP) is 2.23. The zero-order valence-electron chi connectivity index (χ0n) is 13.4. The SMILES string of the molecule is CC1(C)N=C(c2cccc([N+](=O)[O-])c2)N(OCC(=O)O)C1(C)C. The summed E-state index contributed by atoms with van der Waals surface area (Å²) in [6.07, 6.45) is 0. The zero-order valence-corrected chi connectivity index (χ0v) is 13.4. The number of nitrogens with zero attached hydrogens (tertiary/aromatic N) is 3. The maximum Gasteiger partial charge on any atom is 0.332 e. The first-order valence-electron chi connectivity index (χ1n) is 7.06. The lowest BCUT2D eigenvalue weighted by Crippen LogP contribution is -2.53. The molecule has 1 aromatic rings. The van der Waals surface area contributed by atoms with Gasteiger partial charge in [-0.15, -0.1) is 0 Å². The van der Waals surface area contributed by atoms with Crippen LogP contribution < -0.4 is 0 Å². The lowest BCUT2D eigenvalue weighted by atomic mass is 9.84. The van der Waals surface area contributed by atoms with Crippen molar-refractivity contribution in [2.75, 3.05) is 6.61 Å². The van der Waals surface area contributed by atoms with Crippen LogP contribution in [-0.4, -0.2) is 44.6 Å². The van der Waals surface area contributed by atoms with Gasteiger partial charge in [0, 0.05) is 17.7 Å². The van der Waals surface area contributed by atoms with E-state index in [0.29, 0.717) is 11.4 Å². The smallest absolute Gasteiger partial charge is 0.332 e. The summed E-state index contributed by atoms with van der Waals surface area (Å²) in [5, 5.41) is 21.3. The fourth-order valence-electron chi connectivity index (χ4n) is 2.24. The maximum absolute atomic E-state index is 11.0. The standard InChI is InChI=1S/C15H19N3O5/c1-14(2)15(3,4)17(23-9-12(19)20)13(16-14)10-6-5-7-11(8-10)18(21)22/h5-8H,9H2,1-4H3,(H,19,20). The number of carbonyl (C=O) groups is 1. The van der Waals surface area contributed by atoms with E-state index in [1.54, 1.807) is 12.1 Å². The highest BCUT2D eigenvalue weighted by atomic mass is 16.7. The molecule has 8 heteroatoms. The lowest BCUT2D eigenvalue weighted by molar-refractivity contribution is -0.384. The van der Waals surface area contributed by atoms with Gasteiger partial charge in [0.05, 0.1) is 16.0 Å². The zero-order chi connectivity index (χ0) is 17.4. The molecule has 0 unspecified atom stereocenters. The molecule has 1 N–H and O–H groups in total. The average molecular weight is 321 g/mol. The fourth-order valence-corrected chi connectivity index (χ4v) is 2.24. The van der Waals surface area contributed by atoms with Crippen LogP contribution in [0.4, 0.5) is 5.69 Å². The Morgan fingerprint density at radius 1 is 1.39 bits per heavy atom. The first-order valence-corrected chi connectivity index (χ1v) is 7.06. The summed E-state index contributed by atoms with van der Waals surface area (Å²) in [5.41, 5.74) is -0.748. The topological polar surface area (TPSA) is 105 Å². The van der Waals surface area contributed by atoms with E-state index in [-0.39, 0.29) is 5.69 Å². The number of hydrogen-bond donors (Lipinski definition) is 1. The Labute approximate surface area is 133 Å². The molecule has 0 aromatic heterocycles. The predicted molar refractivity (Wildman–Crippen MR) is 83.2 cm³/mol. The number of hydrogen-bond acceptors (Lipinski definition) is 6. The van der Waals surface area contributed by atoms with Gasteiger partial charge in [-0.05, 0) is 27.7 Å². The van der Waals surface area contributed by atoms with Crippen LogP contribution in [0.2, 0.25) is 0 Å². The van der Waals surface area contributed by atoms with E-state index in [2.05, 4.69) is 4.99 Å². The van der Waals surface area contributed by atoms with Crippen molar-refractivity contribution in [1.29, 1.82) is 0 Å². The highest BCUT2D eigenvalue weighted by molar-refractivity contribution is 6.01. The van der Waals surface area contributed by atoms with E-state index in [1.807, 2.05) is 27.7 Å². The minimum atomic E-state index is -1.11. The van der Waals surface area contributed by atoms with E-state index < -0.39 is 28.6 Å². The van der Waals surface area contributed by atoms with E-state index in [9.17, 15) is 14.9 Å². The van der Waals surface area contributed by atoms with Crippen molar-refractivity contribution in [2.24, 2.45) is 4.99 Å². The van der Waals surface area contributed by atoms with Crippen LogP contribution in [0.15, 0.2) is 29.3 Å². The maximum atomic E-state index is 11.0. The third-order valence-electron chi connectivity index (χ3n) is 4.22. The fraction of sp³-hybridized carbons (Fsp3) is 0.467. The van der Waals surface area contributed by atoms with Crippen molar-refractivity contribution in [3.63, 3.8) is 0 Å². The van der Waals surface area contributed by atoms with Crippen LogP contribution in [-0.2, 0) is 9.63 Å². The van der Waals surface area contributed by atoms with Gasteiger partial charge in [-0.1, -0.05) is 12.1 Å². The van der Waals surface area contributed by atoms with Crippen LogP contribution in [0.3, 0.4) is 0 Å². The van der Waals surface area contributed by atoms with Gasteiger partial charge < -0.3 is 5.11 Å². The molecular weight excluding hydrogens is 302 g/mol. The molecule has 2 rings (SSSR count). The van der Waals surface area contributed by atoms with E-state index in [4.69, 9.17) is 9.94 Å². The number of aliphatic imine (C=N–C) groups is 1. The molecule has 0 saturated carbocycles. The Morgan fingerprint density at radius 3 is 2.61 bits per heavy atom. The molecule has 0 spiro atoms. The number of benzene rings is 1. The second kappa shape index (κ2) is 5.62. The number of non-ortho nitro benzene ring substituents is 1. The number of nitro benzene ring substituents is 1. The summed E-state index contributed by atoms with van der Waals surface area (Å²) in [5.74, 6) is -0.728. The second-order valence-corrected chi connectivity index (χ2v) is 6.32. The molecule has 0 fully saturated rings. The number of aliphatic carboxylic acids is 1. The number of rotatable bonds is 5. The van der Waals surface area contributed by atoms with Crippen molar-refractivity contribution in [1.82, 2.24) is 5.06 Å². The number of carboxylic acid groups (broad SMARTS) is 1. The number of carboxylic acids is 1. The summed E-state index contributed by atoms with van der Waals surface area (Å²) in [6.45, 7) is 7.03. The molecule has 124 valence electrons. The summed E-state index contributed by atoms with van der Waals surface area (Å²) >= 11 is 0. The Kier molecular flexibility index (Phi) is 4.12. The molecular formula is C15H19N3O5. The molecule has 0 aliphatic carbocycles. The lowest BCUT2D eigenvalue weighted by Gasteiger charge is -2.39. The Morgan fingerprint density at radius 2 is 2.04 bits per heavy atom. The molecule has 23 heavy (non-hydrogen) atoms. The van der Waals surface area contributed by atoms with Crippen LogP contribution in [0.5, 0.6) is 0 Å². The van der Waals surface area contributed by atoms with Gasteiger partial charge in [0.15, 0.2) is 12.4 Å². The monoisotopic (exact) mass is 321 g/mol. The van der Waals surface area contributed by atoms with Gasteiger partial charge in [0.1, 0.15) is 0 Å². The van der Waals surface area contributed by atoms with Gasteiger partial charge in [0.25, 0.3) is 5.69 Å². The molecule has 1 aliphatic rings. The molecule has 1 aliphatic heterocycles. The van der Waals surface area contributed by atoms with Crippen molar-refractivity contribution in [3.05, 3.63) is 39.9 Å². The van der Waals surface area contributed by atoms with Crippen LogP contribution >= 0.6 is 0 Å². The van der Waals surface area contributed by atoms with Crippen LogP contribution in [0.1, 0.15) is 33.3 Å². The Bertz CT molecular complexity index is 681. The summed E-state index contributed by atoms with van der Waals surface area (Å²) < 4.78 is 0. The minimum absolute atomic E-state index is 0.0640.